The van der Waals surface area contributed by atoms with Crippen molar-refractivity contribution in [2.75, 3.05) is 18.0 Å². The van der Waals surface area contributed by atoms with Crippen molar-refractivity contribution in [2.45, 2.75) is 58.1 Å². The topological polar surface area (TPSA) is 96.0 Å². The SMILES string of the molecule is COc1ccc(CN(C(=O)CN(c2cc(C)cc(C)c2)S(=O)(=O)c2ccccc2)[C@@H](C)C(=O)NC(C)C)cc1. The Kier molecular flexibility index (Phi) is 9.75. The molecule has 3 aromatic rings. The van der Waals surface area contributed by atoms with Gasteiger partial charge in [-0.05, 0) is 87.7 Å². The molecule has 8 nitrogen and oxygen atoms in total. The van der Waals surface area contributed by atoms with E-state index in [0.29, 0.717) is 11.4 Å². The molecule has 208 valence electrons. The second-order valence-electron chi connectivity index (χ2n) is 9.88. The van der Waals surface area contributed by atoms with Gasteiger partial charge in [0.1, 0.15) is 18.3 Å². The highest BCUT2D eigenvalue weighted by Crippen LogP contribution is 2.26. The fourth-order valence-electron chi connectivity index (χ4n) is 4.26. The average Bonchev–Trinajstić information content (AvgIpc) is 2.89. The molecule has 0 heterocycles. The smallest absolute Gasteiger partial charge is 0.264 e. The third-order valence-corrected chi connectivity index (χ3v) is 8.00. The number of sulfonamides is 1. The van der Waals surface area contributed by atoms with Crippen molar-refractivity contribution in [3.8, 4) is 5.75 Å². The van der Waals surface area contributed by atoms with Crippen LogP contribution in [-0.4, -0.2) is 50.9 Å². The van der Waals surface area contributed by atoms with Crippen molar-refractivity contribution < 1.29 is 22.7 Å². The van der Waals surface area contributed by atoms with E-state index in [1.807, 2.05) is 45.9 Å². The number of methoxy groups -OCH3 is 1. The van der Waals surface area contributed by atoms with Crippen LogP contribution in [0.1, 0.15) is 37.5 Å². The summed E-state index contributed by atoms with van der Waals surface area (Å²) >= 11 is 0. The molecular weight excluding hydrogens is 514 g/mol. The lowest BCUT2D eigenvalue weighted by Crippen LogP contribution is -2.52. The van der Waals surface area contributed by atoms with Crippen LogP contribution in [0.25, 0.3) is 0 Å². The van der Waals surface area contributed by atoms with Gasteiger partial charge in [-0.15, -0.1) is 0 Å². The molecule has 3 aromatic carbocycles. The number of amides is 2. The maximum Gasteiger partial charge on any atom is 0.264 e. The van der Waals surface area contributed by atoms with Crippen LogP contribution in [0, 0.1) is 13.8 Å². The molecule has 0 aromatic heterocycles. The quantitative estimate of drug-likeness (QED) is 0.380. The molecule has 0 fully saturated rings. The Morgan fingerprint density at radius 2 is 1.49 bits per heavy atom. The standard InChI is InChI=1S/C30H37N3O5S/c1-21(2)31-30(35)24(5)32(19-25-12-14-27(38-6)15-13-25)29(34)20-33(26-17-22(3)16-23(4)18-26)39(36,37)28-10-8-7-9-11-28/h7-18,21,24H,19-20H2,1-6H3,(H,31,35)/t24-/m0/s1. The number of rotatable bonds is 11. The molecule has 1 atom stereocenters. The first-order chi connectivity index (χ1) is 18.4. The number of ether oxygens (including phenoxy) is 1. The number of aryl methyl sites for hydroxylation is 2. The fourth-order valence-corrected chi connectivity index (χ4v) is 5.68. The lowest BCUT2D eigenvalue weighted by Gasteiger charge is -2.32. The molecule has 0 saturated carbocycles. The van der Waals surface area contributed by atoms with Gasteiger partial charge in [-0.3, -0.25) is 13.9 Å². The Hall–Kier alpha value is -3.85. The molecule has 9 heteroatoms. The molecule has 3 rings (SSSR count). The van der Waals surface area contributed by atoms with Crippen LogP contribution in [0.15, 0.2) is 77.7 Å². The largest absolute Gasteiger partial charge is 0.497 e. The van der Waals surface area contributed by atoms with E-state index >= 15 is 0 Å². The molecular formula is C30H37N3O5S. The Labute approximate surface area is 231 Å². The normalized spacial score (nSPS) is 12.1. The predicted octanol–water partition coefficient (Wildman–Crippen LogP) is 4.45. The number of carbonyl (C=O) groups is 2. The van der Waals surface area contributed by atoms with E-state index < -0.39 is 28.5 Å². The second-order valence-corrected chi connectivity index (χ2v) is 11.7. The third-order valence-electron chi connectivity index (χ3n) is 6.21. The van der Waals surface area contributed by atoms with E-state index in [1.165, 1.54) is 17.0 Å². The predicted molar refractivity (Wildman–Crippen MR) is 153 cm³/mol. The lowest BCUT2D eigenvalue weighted by molar-refractivity contribution is -0.139. The number of carbonyl (C=O) groups excluding carboxylic acids is 2. The zero-order valence-electron chi connectivity index (χ0n) is 23.3. The van der Waals surface area contributed by atoms with Crippen LogP contribution in [0.2, 0.25) is 0 Å². The maximum absolute atomic E-state index is 13.9. The Balaban J connectivity index is 2.04. The van der Waals surface area contributed by atoms with Gasteiger partial charge in [-0.1, -0.05) is 36.4 Å². The van der Waals surface area contributed by atoms with Crippen molar-refractivity contribution in [2.24, 2.45) is 0 Å². The summed E-state index contributed by atoms with van der Waals surface area (Å²) in [6, 6.07) is 19.7. The van der Waals surface area contributed by atoms with Gasteiger partial charge in [-0.25, -0.2) is 8.42 Å². The molecule has 0 aliphatic carbocycles. The van der Waals surface area contributed by atoms with E-state index in [-0.39, 0.29) is 23.4 Å². The molecule has 1 N–H and O–H groups in total. The van der Waals surface area contributed by atoms with Gasteiger partial charge in [0.25, 0.3) is 10.0 Å². The number of hydrogen-bond donors (Lipinski definition) is 1. The van der Waals surface area contributed by atoms with E-state index in [0.717, 1.165) is 21.0 Å². The number of anilines is 1. The molecule has 39 heavy (non-hydrogen) atoms. The van der Waals surface area contributed by atoms with Crippen molar-refractivity contribution in [3.63, 3.8) is 0 Å². The van der Waals surface area contributed by atoms with Crippen LogP contribution >= 0.6 is 0 Å². The summed E-state index contributed by atoms with van der Waals surface area (Å²) in [5.74, 6) is -0.163. The van der Waals surface area contributed by atoms with E-state index in [4.69, 9.17) is 4.74 Å². The maximum atomic E-state index is 13.9. The Morgan fingerprint density at radius 3 is 2.03 bits per heavy atom. The van der Waals surface area contributed by atoms with Gasteiger partial charge in [0, 0.05) is 12.6 Å². The molecule has 0 aliphatic rings. The van der Waals surface area contributed by atoms with Crippen LogP contribution in [0.5, 0.6) is 5.75 Å². The summed E-state index contributed by atoms with van der Waals surface area (Å²) in [5, 5.41) is 2.85. The van der Waals surface area contributed by atoms with Gasteiger partial charge in [0.05, 0.1) is 17.7 Å². The number of benzene rings is 3. The van der Waals surface area contributed by atoms with Gasteiger partial charge < -0.3 is 15.0 Å². The highest BCUT2D eigenvalue weighted by molar-refractivity contribution is 7.92. The first-order valence-electron chi connectivity index (χ1n) is 12.8. The Bertz CT molecular complexity index is 1370. The van der Waals surface area contributed by atoms with Crippen molar-refractivity contribution in [1.82, 2.24) is 10.2 Å². The van der Waals surface area contributed by atoms with Crippen molar-refractivity contribution in [1.29, 1.82) is 0 Å². The zero-order chi connectivity index (χ0) is 28.7. The minimum atomic E-state index is -4.09. The molecule has 0 radical (unpaired) electrons. The lowest BCUT2D eigenvalue weighted by atomic mass is 10.1. The summed E-state index contributed by atoms with van der Waals surface area (Å²) in [4.78, 5) is 28.4. The summed E-state index contributed by atoms with van der Waals surface area (Å²) in [7, 11) is -2.53. The van der Waals surface area contributed by atoms with Crippen LogP contribution in [0.3, 0.4) is 0 Å². The van der Waals surface area contributed by atoms with Crippen molar-refractivity contribution >= 4 is 27.5 Å². The molecule has 0 spiro atoms. The van der Waals surface area contributed by atoms with Crippen LogP contribution in [0.4, 0.5) is 5.69 Å². The minimum Gasteiger partial charge on any atom is -0.497 e. The van der Waals surface area contributed by atoms with E-state index in [1.54, 1.807) is 56.5 Å². The second kappa shape index (κ2) is 12.8. The summed E-state index contributed by atoms with van der Waals surface area (Å²) in [6.07, 6.45) is 0. The Morgan fingerprint density at radius 1 is 0.897 bits per heavy atom. The zero-order valence-corrected chi connectivity index (χ0v) is 24.2. The highest BCUT2D eigenvalue weighted by Gasteiger charge is 2.32. The van der Waals surface area contributed by atoms with Crippen LogP contribution < -0.4 is 14.4 Å². The summed E-state index contributed by atoms with van der Waals surface area (Å²) in [6.45, 7) is 8.71. The summed E-state index contributed by atoms with van der Waals surface area (Å²) in [5.41, 5.74) is 2.89. The van der Waals surface area contributed by atoms with Crippen molar-refractivity contribution in [3.05, 3.63) is 89.5 Å². The van der Waals surface area contributed by atoms with Gasteiger partial charge >= 0.3 is 0 Å². The number of nitrogens with one attached hydrogen (secondary N) is 1. The monoisotopic (exact) mass is 551 g/mol. The number of hydrogen-bond acceptors (Lipinski definition) is 5. The molecule has 0 aliphatic heterocycles. The van der Waals surface area contributed by atoms with Gasteiger partial charge in [0.15, 0.2) is 0 Å². The first-order valence-corrected chi connectivity index (χ1v) is 14.2. The van der Waals surface area contributed by atoms with E-state index in [2.05, 4.69) is 5.32 Å². The average molecular weight is 552 g/mol. The molecule has 0 saturated heterocycles. The fraction of sp³-hybridized carbons (Fsp3) is 0.333. The molecule has 0 unspecified atom stereocenters. The third kappa shape index (κ3) is 7.60. The first kappa shape index (κ1) is 29.7. The van der Waals surface area contributed by atoms with E-state index in [9.17, 15) is 18.0 Å². The molecule has 0 bridgehead atoms. The van der Waals surface area contributed by atoms with Gasteiger partial charge in [0.2, 0.25) is 11.8 Å². The number of nitrogens with zero attached hydrogens (tertiary/aromatic N) is 2. The molecule has 2 amide bonds. The minimum absolute atomic E-state index is 0.0734. The highest BCUT2D eigenvalue weighted by atomic mass is 32.2. The van der Waals surface area contributed by atoms with Crippen LogP contribution in [-0.2, 0) is 26.2 Å². The summed E-state index contributed by atoms with van der Waals surface area (Å²) < 4.78 is 34.1. The van der Waals surface area contributed by atoms with Gasteiger partial charge in [-0.2, -0.15) is 0 Å².